The molecule has 0 aliphatic heterocycles. The van der Waals surface area contributed by atoms with Crippen LogP contribution in [-0.4, -0.2) is 5.91 Å². The van der Waals surface area contributed by atoms with E-state index in [1.165, 1.54) is 5.56 Å². The summed E-state index contributed by atoms with van der Waals surface area (Å²) in [7, 11) is 0. The maximum absolute atomic E-state index is 12.6. The van der Waals surface area contributed by atoms with Gasteiger partial charge in [-0.05, 0) is 48.6 Å². The van der Waals surface area contributed by atoms with E-state index in [9.17, 15) is 4.79 Å². The van der Waals surface area contributed by atoms with Gasteiger partial charge in [0.15, 0.2) is 0 Å². The molecule has 2 aromatic carbocycles. The number of anilines is 1. The third-order valence-corrected chi connectivity index (χ3v) is 4.70. The van der Waals surface area contributed by atoms with Gasteiger partial charge >= 0.3 is 0 Å². The number of rotatable bonds is 2. The minimum Gasteiger partial charge on any atom is -0.324 e. The Labute approximate surface area is 137 Å². The fourth-order valence-electron chi connectivity index (χ4n) is 2.84. The van der Waals surface area contributed by atoms with Crippen molar-refractivity contribution in [3.05, 3.63) is 63.1 Å². The van der Waals surface area contributed by atoms with Gasteiger partial charge in [0, 0.05) is 4.47 Å². The molecule has 2 aromatic rings. The average Bonchev–Trinajstić information content (AvgIpc) is 2.50. The Morgan fingerprint density at radius 1 is 1.24 bits per heavy atom. The molecule has 4 heteroatoms. The number of carbonyl (C=O) groups is 1. The molecule has 2 nitrogen and oxygen atoms in total. The smallest absolute Gasteiger partial charge is 0.231 e. The first kappa shape index (κ1) is 14.6. The van der Waals surface area contributed by atoms with Crippen LogP contribution in [0, 0.1) is 0 Å². The van der Waals surface area contributed by atoms with E-state index in [2.05, 4.69) is 33.4 Å². The van der Waals surface area contributed by atoms with Gasteiger partial charge in [-0.15, -0.1) is 0 Å². The molecule has 0 fully saturated rings. The second-order valence-electron chi connectivity index (χ2n) is 5.26. The van der Waals surface area contributed by atoms with Gasteiger partial charge in [0.25, 0.3) is 0 Å². The monoisotopic (exact) mass is 363 g/mol. The molecular weight excluding hydrogens is 350 g/mol. The quantitative estimate of drug-likeness (QED) is 0.783. The first-order valence-corrected chi connectivity index (χ1v) is 8.16. The number of hydrogen-bond donors (Lipinski definition) is 1. The highest BCUT2D eigenvalue weighted by atomic mass is 79.9. The van der Waals surface area contributed by atoms with Crippen LogP contribution in [0.25, 0.3) is 0 Å². The minimum absolute atomic E-state index is 0.0159. The number of benzene rings is 2. The van der Waals surface area contributed by atoms with Crippen molar-refractivity contribution in [2.45, 2.75) is 25.2 Å². The van der Waals surface area contributed by atoms with Crippen LogP contribution in [0.15, 0.2) is 46.9 Å². The predicted octanol–water partition coefficient (Wildman–Crippen LogP) is 5.16. The largest absolute Gasteiger partial charge is 0.324 e. The van der Waals surface area contributed by atoms with Gasteiger partial charge < -0.3 is 5.32 Å². The Morgan fingerprint density at radius 3 is 2.90 bits per heavy atom. The van der Waals surface area contributed by atoms with Gasteiger partial charge in [-0.2, -0.15) is 0 Å². The molecule has 0 aromatic heterocycles. The Bertz CT molecular complexity index is 686. The summed E-state index contributed by atoms with van der Waals surface area (Å²) in [4.78, 5) is 12.6. The fourth-order valence-corrected chi connectivity index (χ4v) is 3.37. The van der Waals surface area contributed by atoms with E-state index in [0.717, 1.165) is 29.3 Å². The van der Waals surface area contributed by atoms with E-state index >= 15 is 0 Å². The molecule has 0 bridgehead atoms. The molecule has 21 heavy (non-hydrogen) atoms. The van der Waals surface area contributed by atoms with Gasteiger partial charge in [-0.3, -0.25) is 4.79 Å². The minimum atomic E-state index is -0.0926. The summed E-state index contributed by atoms with van der Waals surface area (Å²) < 4.78 is 0.895. The van der Waals surface area contributed by atoms with Gasteiger partial charge in [0.1, 0.15) is 0 Å². The van der Waals surface area contributed by atoms with Gasteiger partial charge in [-0.1, -0.05) is 51.8 Å². The summed E-state index contributed by atoms with van der Waals surface area (Å²) in [6.07, 6.45) is 2.98. The van der Waals surface area contributed by atoms with Gasteiger partial charge in [-0.25, -0.2) is 0 Å². The second-order valence-corrected chi connectivity index (χ2v) is 6.58. The lowest BCUT2D eigenvalue weighted by Crippen LogP contribution is -2.24. The van der Waals surface area contributed by atoms with E-state index < -0.39 is 0 Å². The molecule has 3 rings (SSSR count). The number of carbonyl (C=O) groups excluding carboxylic acids is 1. The number of aryl methyl sites for hydroxylation is 1. The first-order valence-electron chi connectivity index (χ1n) is 6.99. The van der Waals surface area contributed by atoms with Crippen LogP contribution < -0.4 is 5.32 Å². The highest BCUT2D eigenvalue weighted by Crippen LogP contribution is 2.33. The molecule has 0 spiro atoms. The molecule has 0 radical (unpaired) electrons. The lowest BCUT2D eigenvalue weighted by atomic mass is 9.82. The Balaban J connectivity index is 1.85. The molecular formula is C17H15BrClNO. The zero-order chi connectivity index (χ0) is 14.8. The van der Waals surface area contributed by atoms with Crippen LogP contribution in [0.3, 0.4) is 0 Å². The topological polar surface area (TPSA) is 29.1 Å². The number of hydrogen-bond acceptors (Lipinski definition) is 1. The predicted molar refractivity (Wildman–Crippen MR) is 89.9 cm³/mol. The zero-order valence-electron chi connectivity index (χ0n) is 11.4. The number of nitrogens with one attached hydrogen (secondary N) is 1. The molecule has 1 atom stereocenters. The normalized spacial score (nSPS) is 17.1. The van der Waals surface area contributed by atoms with Crippen molar-refractivity contribution < 1.29 is 4.79 Å². The van der Waals surface area contributed by atoms with Crippen LogP contribution in [0.2, 0.25) is 5.02 Å². The van der Waals surface area contributed by atoms with Crippen LogP contribution >= 0.6 is 27.5 Å². The molecule has 0 saturated heterocycles. The molecule has 0 saturated carbocycles. The highest BCUT2D eigenvalue weighted by Gasteiger charge is 2.26. The van der Waals surface area contributed by atoms with Crippen molar-refractivity contribution >= 4 is 39.1 Å². The van der Waals surface area contributed by atoms with E-state index in [1.807, 2.05) is 24.3 Å². The highest BCUT2D eigenvalue weighted by molar-refractivity contribution is 9.10. The van der Waals surface area contributed by atoms with Crippen molar-refractivity contribution in [1.82, 2.24) is 0 Å². The number of amides is 1. The average molecular weight is 365 g/mol. The summed E-state index contributed by atoms with van der Waals surface area (Å²) in [5.41, 5.74) is 3.08. The summed E-state index contributed by atoms with van der Waals surface area (Å²) >= 11 is 9.54. The van der Waals surface area contributed by atoms with E-state index in [4.69, 9.17) is 11.6 Å². The lowest BCUT2D eigenvalue weighted by Gasteiger charge is -2.24. The zero-order valence-corrected chi connectivity index (χ0v) is 13.7. The lowest BCUT2D eigenvalue weighted by molar-refractivity contribution is -0.117. The summed E-state index contributed by atoms with van der Waals surface area (Å²) in [6, 6.07) is 13.7. The Morgan fingerprint density at radius 2 is 2.05 bits per heavy atom. The van der Waals surface area contributed by atoms with E-state index in [-0.39, 0.29) is 11.8 Å². The summed E-state index contributed by atoms with van der Waals surface area (Å²) in [5, 5.41) is 3.51. The van der Waals surface area contributed by atoms with Gasteiger partial charge in [0.2, 0.25) is 5.91 Å². The van der Waals surface area contributed by atoms with Crippen LogP contribution in [0.5, 0.6) is 0 Å². The van der Waals surface area contributed by atoms with Crippen LogP contribution in [-0.2, 0) is 11.2 Å². The first-order chi connectivity index (χ1) is 10.1. The third-order valence-electron chi connectivity index (χ3n) is 3.87. The van der Waals surface area contributed by atoms with Crippen molar-refractivity contribution in [2.24, 2.45) is 0 Å². The maximum Gasteiger partial charge on any atom is 0.231 e. The molecule has 108 valence electrons. The van der Waals surface area contributed by atoms with Crippen molar-refractivity contribution in [3.63, 3.8) is 0 Å². The van der Waals surface area contributed by atoms with Crippen LogP contribution in [0.4, 0.5) is 5.69 Å². The standard InChI is InChI=1S/C17H15BrClNO/c18-12-8-9-15(19)16(10-12)20-17(21)14-7-3-5-11-4-1-2-6-13(11)14/h1-2,4,6,8-10,14H,3,5,7H2,(H,20,21). The fraction of sp³-hybridized carbons (Fsp3) is 0.235. The Hall–Kier alpha value is -1.32. The second kappa shape index (κ2) is 6.20. The molecule has 1 unspecified atom stereocenters. The number of halogens is 2. The number of fused-ring (bicyclic) bond motifs is 1. The molecule has 1 aliphatic rings. The molecule has 1 N–H and O–H groups in total. The van der Waals surface area contributed by atoms with Crippen LogP contribution in [0.1, 0.15) is 29.9 Å². The van der Waals surface area contributed by atoms with Crippen molar-refractivity contribution in [1.29, 1.82) is 0 Å². The van der Waals surface area contributed by atoms with E-state index in [0.29, 0.717) is 10.7 Å². The molecule has 1 amide bonds. The summed E-state index contributed by atoms with van der Waals surface area (Å²) in [6.45, 7) is 0. The summed E-state index contributed by atoms with van der Waals surface area (Å²) in [5.74, 6) is -0.0767. The maximum atomic E-state index is 12.6. The molecule has 0 heterocycles. The third kappa shape index (κ3) is 3.14. The molecule has 1 aliphatic carbocycles. The van der Waals surface area contributed by atoms with Crippen molar-refractivity contribution in [2.75, 3.05) is 5.32 Å². The SMILES string of the molecule is O=C(Nc1cc(Br)ccc1Cl)C1CCCc2ccccc21. The Kier molecular flexibility index (Phi) is 4.32. The van der Waals surface area contributed by atoms with Gasteiger partial charge in [0.05, 0.1) is 16.6 Å². The van der Waals surface area contributed by atoms with Crippen molar-refractivity contribution in [3.8, 4) is 0 Å². The van der Waals surface area contributed by atoms with E-state index in [1.54, 1.807) is 6.07 Å².